The fraction of sp³-hybridized carbons (Fsp3) is 0.333. The van der Waals surface area contributed by atoms with Gasteiger partial charge >= 0.3 is 0 Å². The molecule has 0 radical (unpaired) electrons. The number of aromatic nitrogens is 4. The van der Waals surface area contributed by atoms with Crippen LogP contribution in [0, 0.1) is 13.8 Å². The Morgan fingerprint density at radius 2 is 1.68 bits per heavy atom. The molecule has 1 aromatic carbocycles. The van der Waals surface area contributed by atoms with E-state index in [9.17, 15) is 4.79 Å². The molecule has 0 atom stereocenters. The van der Waals surface area contributed by atoms with Crippen molar-refractivity contribution in [3.05, 3.63) is 65.7 Å². The van der Waals surface area contributed by atoms with E-state index < -0.39 is 0 Å². The first-order valence-electron chi connectivity index (χ1n) is 9.52. The van der Waals surface area contributed by atoms with Crippen molar-refractivity contribution in [3.8, 4) is 5.82 Å². The Balaban J connectivity index is 1.41. The molecule has 4 rings (SSSR count). The first-order valence-corrected chi connectivity index (χ1v) is 9.52. The molecule has 1 fully saturated rings. The van der Waals surface area contributed by atoms with E-state index in [1.165, 1.54) is 0 Å². The molecule has 2 aromatic heterocycles. The monoisotopic (exact) mass is 376 g/mol. The van der Waals surface area contributed by atoms with Crippen LogP contribution in [0.1, 0.15) is 17.0 Å². The van der Waals surface area contributed by atoms with E-state index in [0.29, 0.717) is 19.5 Å². The van der Waals surface area contributed by atoms with Crippen molar-refractivity contribution in [3.63, 3.8) is 0 Å². The van der Waals surface area contributed by atoms with Crippen LogP contribution in [-0.2, 0) is 11.2 Å². The molecule has 0 spiro atoms. The van der Waals surface area contributed by atoms with Crippen molar-refractivity contribution in [1.29, 1.82) is 0 Å². The smallest absolute Gasteiger partial charge is 0.227 e. The summed E-state index contributed by atoms with van der Waals surface area (Å²) in [6, 6.07) is 13.9. The second kappa shape index (κ2) is 7.80. The maximum Gasteiger partial charge on any atom is 0.227 e. The van der Waals surface area contributed by atoms with Crippen LogP contribution in [0.25, 0.3) is 5.82 Å². The van der Waals surface area contributed by atoms with Crippen molar-refractivity contribution >= 4 is 11.7 Å². The Kier molecular flexibility index (Phi) is 5.06. The SMILES string of the molecule is Cc1cc(C)n(-c2cc(N3CCN(C(=O)Cc4ccccc4)CC3)ncn2)n1. The molecule has 7 nitrogen and oxygen atoms in total. The van der Waals surface area contributed by atoms with Crippen LogP contribution in [0.15, 0.2) is 48.8 Å². The number of anilines is 1. The second-order valence-electron chi connectivity index (χ2n) is 7.10. The fourth-order valence-corrected chi connectivity index (χ4v) is 3.55. The third kappa shape index (κ3) is 3.88. The van der Waals surface area contributed by atoms with Crippen molar-refractivity contribution < 1.29 is 4.79 Å². The molecule has 7 heteroatoms. The average Bonchev–Trinajstić information content (AvgIpc) is 3.07. The van der Waals surface area contributed by atoms with Crippen molar-refractivity contribution in [2.24, 2.45) is 0 Å². The number of benzene rings is 1. The maximum absolute atomic E-state index is 12.6. The molecule has 0 unspecified atom stereocenters. The average molecular weight is 376 g/mol. The summed E-state index contributed by atoms with van der Waals surface area (Å²) in [4.78, 5) is 25.5. The molecule has 1 saturated heterocycles. The van der Waals surface area contributed by atoms with Gasteiger partial charge in [-0.15, -0.1) is 0 Å². The van der Waals surface area contributed by atoms with Crippen LogP contribution in [0.2, 0.25) is 0 Å². The Morgan fingerprint density at radius 1 is 0.964 bits per heavy atom. The minimum Gasteiger partial charge on any atom is -0.353 e. The zero-order valence-electron chi connectivity index (χ0n) is 16.2. The lowest BCUT2D eigenvalue weighted by Crippen LogP contribution is -2.49. The van der Waals surface area contributed by atoms with Crippen molar-refractivity contribution in [2.45, 2.75) is 20.3 Å². The number of piperazine rings is 1. The first kappa shape index (κ1) is 18.2. The highest BCUT2D eigenvalue weighted by molar-refractivity contribution is 5.79. The molecule has 1 aliphatic rings. The number of hydrogen-bond acceptors (Lipinski definition) is 5. The van der Waals surface area contributed by atoms with E-state index in [0.717, 1.165) is 41.7 Å². The summed E-state index contributed by atoms with van der Waals surface area (Å²) in [5.74, 6) is 1.81. The molecule has 3 heterocycles. The van der Waals surface area contributed by atoms with Crippen molar-refractivity contribution in [2.75, 3.05) is 31.1 Å². The summed E-state index contributed by atoms with van der Waals surface area (Å²) in [7, 11) is 0. The quantitative estimate of drug-likeness (QED) is 0.698. The molecular weight excluding hydrogens is 352 g/mol. The van der Waals surface area contributed by atoms with Gasteiger partial charge in [-0.25, -0.2) is 14.6 Å². The van der Waals surface area contributed by atoms with E-state index in [4.69, 9.17) is 0 Å². The standard InChI is InChI=1S/C21H24N6O/c1-16-12-17(2)27(24-16)20-14-19(22-15-23-20)25-8-10-26(11-9-25)21(28)13-18-6-4-3-5-7-18/h3-7,12,14-15H,8-11,13H2,1-2H3. The van der Waals surface area contributed by atoms with Crippen LogP contribution >= 0.6 is 0 Å². The molecule has 0 bridgehead atoms. The molecule has 0 N–H and O–H groups in total. The summed E-state index contributed by atoms with van der Waals surface area (Å²) in [5.41, 5.74) is 3.06. The molecule has 1 aliphatic heterocycles. The van der Waals surface area contributed by atoms with Gasteiger partial charge in [-0.3, -0.25) is 4.79 Å². The minimum absolute atomic E-state index is 0.178. The van der Waals surface area contributed by atoms with Crippen LogP contribution in [-0.4, -0.2) is 56.7 Å². The van der Waals surface area contributed by atoms with Crippen LogP contribution in [0.3, 0.4) is 0 Å². The predicted molar refractivity (Wildman–Crippen MR) is 108 cm³/mol. The van der Waals surface area contributed by atoms with Crippen LogP contribution in [0.4, 0.5) is 5.82 Å². The molecular formula is C21H24N6O. The van der Waals surface area contributed by atoms with Gasteiger partial charge in [-0.2, -0.15) is 5.10 Å². The minimum atomic E-state index is 0.178. The zero-order chi connectivity index (χ0) is 19.5. The van der Waals surface area contributed by atoms with E-state index in [1.807, 2.05) is 65.9 Å². The van der Waals surface area contributed by atoms with E-state index in [2.05, 4.69) is 20.0 Å². The third-order valence-electron chi connectivity index (χ3n) is 5.02. The second-order valence-corrected chi connectivity index (χ2v) is 7.10. The van der Waals surface area contributed by atoms with E-state index in [1.54, 1.807) is 6.33 Å². The highest BCUT2D eigenvalue weighted by atomic mass is 16.2. The largest absolute Gasteiger partial charge is 0.353 e. The van der Waals surface area contributed by atoms with Gasteiger partial charge in [0.05, 0.1) is 12.1 Å². The van der Waals surface area contributed by atoms with Gasteiger partial charge < -0.3 is 9.80 Å². The topological polar surface area (TPSA) is 67.2 Å². The molecule has 28 heavy (non-hydrogen) atoms. The summed E-state index contributed by atoms with van der Waals surface area (Å²) in [6.45, 7) is 6.90. The lowest BCUT2D eigenvalue weighted by atomic mass is 10.1. The van der Waals surface area contributed by atoms with Crippen molar-refractivity contribution in [1.82, 2.24) is 24.6 Å². The number of carbonyl (C=O) groups excluding carboxylic acids is 1. The Labute approximate surface area is 164 Å². The summed E-state index contributed by atoms with van der Waals surface area (Å²) in [5, 5.41) is 4.50. The number of carbonyl (C=O) groups is 1. The summed E-state index contributed by atoms with van der Waals surface area (Å²) < 4.78 is 1.83. The molecule has 3 aromatic rings. The van der Waals surface area contributed by atoms with Gasteiger partial charge in [-0.1, -0.05) is 30.3 Å². The van der Waals surface area contributed by atoms with Gasteiger partial charge in [0.25, 0.3) is 0 Å². The number of aryl methyl sites for hydroxylation is 2. The molecule has 0 saturated carbocycles. The first-order chi connectivity index (χ1) is 13.6. The number of rotatable bonds is 4. The number of nitrogens with zero attached hydrogens (tertiary/aromatic N) is 6. The van der Waals surface area contributed by atoms with Gasteiger partial charge in [0.2, 0.25) is 5.91 Å². The van der Waals surface area contributed by atoms with Gasteiger partial charge in [0.1, 0.15) is 12.1 Å². The van der Waals surface area contributed by atoms with Gasteiger partial charge in [0, 0.05) is 37.9 Å². The fourth-order valence-electron chi connectivity index (χ4n) is 3.55. The van der Waals surface area contributed by atoms with Gasteiger partial charge in [0.15, 0.2) is 5.82 Å². The predicted octanol–water partition coefficient (Wildman–Crippen LogP) is 2.17. The third-order valence-corrected chi connectivity index (χ3v) is 5.02. The van der Waals surface area contributed by atoms with Crippen LogP contribution < -0.4 is 4.90 Å². The highest BCUT2D eigenvalue weighted by Gasteiger charge is 2.22. The Hall–Kier alpha value is -3.22. The lowest BCUT2D eigenvalue weighted by Gasteiger charge is -2.35. The molecule has 144 valence electrons. The van der Waals surface area contributed by atoms with E-state index >= 15 is 0 Å². The zero-order valence-corrected chi connectivity index (χ0v) is 16.2. The Bertz CT molecular complexity index is 960. The Morgan fingerprint density at radius 3 is 2.36 bits per heavy atom. The number of amides is 1. The maximum atomic E-state index is 12.6. The number of hydrogen-bond donors (Lipinski definition) is 0. The normalized spacial score (nSPS) is 14.4. The summed E-state index contributed by atoms with van der Waals surface area (Å²) >= 11 is 0. The van der Waals surface area contributed by atoms with E-state index in [-0.39, 0.29) is 5.91 Å². The molecule has 1 amide bonds. The van der Waals surface area contributed by atoms with Crippen LogP contribution in [0.5, 0.6) is 0 Å². The molecule has 0 aliphatic carbocycles. The van der Waals surface area contributed by atoms with Gasteiger partial charge in [-0.05, 0) is 25.5 Å². The lowest BCUT2D eigenvalue weighted by molar-refractivity contribution is -0.130. The highest BCUT2D eigenvalue weighted by Crippen LogP contribution is 2.18. The summed E-state index contributed by atoms with van der Waals surface area (Å²) in [6.07, 6.45) is 2.03.